The van der Waals surface area contributed by atoms with Gasteiger partial charge >= 0.3 is 0 Å². The normalized spacial score (nSPS) is 34.8. The predicted molar refractivity (Wildman–Crippen MR) is 173 cm³/mol. The molecule has 6 atom stereocenters. The smallest absolute Gasteiger partial charge is 0.298 e. The molecule has 4 heterocycles. The third kappa shape index (κ3) is 4.45. The van der Waals surface area contributed by atoms with Gasteiger partial charge in [0.1, 0.15) is 34.2 Å². The SMILES string of the molecule is CC(C)=CCC[C@]1(C)C=Cc2c(O)c3c(c(CC4OC4(C)C)c2O1)O[C@]12C(=C[C@@H]4CC1C(C)(C)OC2(CC=C(C)OC=O)C4=O)C3=O. The standard InChI is InChI=1S/C38H44O9/c1-20(2)10-9-13-36(8)14-12-23-29(40)28-30(41)25-16-22-17-26-34(4,5)47-37(33(22)42,15-11-21(3)43-19-39)38(25,26)46-32(28)24(31(23)45-36)18-27-35(6,7)44-27/h10-12,14,16,19,22,26-27,40H,9,13,15,17-18H2,1-8H3/t22-,26?,27?,36-,37?,38-/m1/s1. The van der Waals surface area contributed by atoms with Gasteiger partial charge in [-0.1, -0.05) is 17.7 Å². The molecule has 1 spiro atoms. The minimum Gasteiger partial charge on any atom is -0.506 e. The highest BCUT2D eigenvalue weighted by atomic mass is 16.6. The number of ether oxygens (including phenoxy) is 5. The van der Waals surface area contributed by atoms with Crippen LogP contribution in [0.4, 0.5) is 0 Å². The van der Waals surface area contributed by atoms with E-state index in [1.165, 1.54) is 5.57 Å². The summed E-state index contributed by atoms with van der Waals surface area (Å²) < 4.78 is 31.9. The van der Waals surface area contributed by atoms with Crippen molar-refractivity contribution >= 4 is 24.1 Å². The number of rotatable bonds is 9. The van der Waals surface area contributed by atoms with Crippen LogP contribution in [0.25, 0.3) is 6.08 Å². The maximum absolute atomic E-state index is 14.8. The largest absolute Gasteiger partial charge is 0.506 e. The molecule has 0 amide bonds. The van der Waals surface area contributed by atoms with E-state index in [1.807, 2.05) is 46.8 Å². The van der Waals surface area contributed by atoms with E-state index >= 15 is 0 Å². The summed E-state index contributed by atoms with van der Waals surface area (Å²) >= 11 is 0. The summed E-state index contributed by atoms with van der Waals surface area (Å²) in [5.74, 6) is -0.691. The number of epoxide rings is 1. The van der Waals surface area contributed by atoms with Crippen molar-refractivity contribution in [2.75, 3.05) is 0 Å². The van der Waals surface area contributed by atoms with Crippen molar-refractivity contribution in [2.45, 2.75) is 122 Å². The molecule has 0 radical (unpaired) electrons. The number of carbonyl (C=O) groups is 3. The molecule has 1 aromatic rings. The second-order valence-electron chi connectivity index (χ2n) is 15.5. The maximum Gasteiger partial charge on any atom is 0.298 e. The average Bonchev–Trinajstić information content (AvgIpc) is 3.55. The summed E-state index contributed by atoms with van der Waals surface area (Å²) in [6.45, 7) is 16.0. The molecule has 8 rings (SSSR count). The Morgan fingerprint density at radius 1 is 1.04 bits per heavy atom. The molecule has 9 nitrogen and oxygen atoms in total. The molecule has 9 heteroatoms. The lowest BCUT2D eigenvalue weighted by Crippen LogP contribution is -2.72. The van der Waals surface area contributed by atoms with E-state index < -0.39 is 28.3 Å². The molecule has 2 saturated heterocycles. The number of fused-ring (bicyclic) bond motifs is 2. The van der Waals surface area contributed by atoms with Crippen LogP contribution in [0.1, 0.15) is 103 Å². The van der Waals surface area contributed by atoms with Gasteiger partial charge in [0.2, 0.25) is 0 Å². The number of benzene rings is 1. The first-order valence-corrected chi connectivity index (χ1v) is 16.6. The minimum absolute atomic E-state index is 0.0363. The van der Waals surface area contributed by atoms with Gasteiger partial charge < -0.3 is 28.8 Å². The number of allylic oxidation sites excluding steroid dienone is 4. The Balaban J connectivity index is 1.43. The topological polar surface area (TPSA) is 121 Å². The van der Waals surface area contributed by atoms with Gasteiger partial charge in [-0.15, -0.1) is 0 Å². The lowest BCUT2D eigenvalue weighted by Gasteiger charge is -2.56. The van der Waals surface area contributed by atoms with Gasteiger partial charge in [-0.05, 0) is 92.9 Å². The molecular formula is C38H44O9. The first-order chi connectivity index (χ1) is 22.0. The van der Waals surface area contributed by atoms with Crippen LogP contribution in [0.2, 0.25) is 0 Å². The Labute approximate surface area is 275 Å². The van der Waals surface area contributed by atoms with Crippen LogP contribution < -0.4 is 9.47 Å². The zero-order chi connectivity index (χ0) is 33.9. The fourth-order valence-electron chi connectivity index (χ4n) is 8.70. The second-order valence-corrected chi connectivity index (χ2v) is 15.5. The lowest BCUT2D eigenvalue weighted by atomic mass is 9.51. The number of phenolic OH excluding ortho intramolecular Hbond substituents is 1. The summed E-state index contributed by atoms with van der Waals surface area (Å²) in [6, 6.07) is 0. The Hall–Kier alpha value is -3.69. The van der Waals surface area contributed by atoms with Gasteiger partial charge in [-0.2, -0.15) is 0 Å². The van der Waals surface area contributed by atoms with Crippen molar-refractivity contribution in [2.24, 2.45) is 11.8 Å². The molecule has 1 saturated carbocycles. The zero-order valence-electron chi connectivity index (χ0n) is 28.4. The molecular weight excluding hydrogens is 600 g/mol. The van der Waals surface area contributed by atoms with Crippen molar-refractivity contribution in [3.8, 4) is 17.2 Å². The van der Waals surface area contributed by atoms with Crippen LogP contribution in [-0.2, 0) is 30.2 Å². The summed E-state index contributed by atoms with van der Waals surface area (Å²) in [5.41, 5.74) is -2.26. The highest BCUT2D eigenvalue weighted by molar-refractivity contribution is 6.19. The lowest BCUT2D eigenvalue weighted by molar-refractivity contribution is -0.171. The van der Waals surface area contributed by atoms with Crippen LogP contribution in [-0.4, -0.2) is 57.3 Å². The van der Waals surface area contributed by atoms with E-state index in [0.29, 0.717) is 53.9 Å². The molecule has 3 fully saturated rings. The third-order valence-electron chi connectivity index (χ3n) is 11.2. The molecule has 4 aliphatic heterocycles. The number of carbonyl (C=O) groups excluding carboxylic acids is 3. The number of hydrogen-bond acceptors (Lipinski definition) is 9. The highest BCUT2D eigenvalue weighted by Crippen LogP contribution is 2.69. The number of hydrogen-bond donors (Lipinski definition) is 1. The fourth-order valence-corrected chi connectivity index (χ4v) is 8.70. The average molecular weight is 645 g/mol. The third-order valence-corrected chi connectivity index (χ3v) is 11.2. The van der Waals surface area contributed by atoms with Crippen LogP contribution in [0.15, 0.2) is 41.2 Å². The molecule has 0 aromatic heterocycles. The Morgan fingerprint density at radius 2 is 1.77 bits per heavy atom. The van der Waals surface area contributed by atoms with Gasteiger partial charge in [-0.3, -0.25) is 14.4 Å². The molecule has 1 N–H and O–H groups in total. The quantitative estimate of drug-likeness (QED) is 0.139. The summed E-state index contributed by atoms with van der Waals surface area (Å²) in [4.78, 5) is 40.3. The number of aromatic hydroxyl groups is 1. The Bertz CT molecular complexity index is 1740. The molecule has 4 bridgehead atoms. The summed E-state index contributed by atoms with van der Waals surface area (Å²) in [7, 11) is 0. The van der Waals surface area contributed by atoms with Crippen molar-refractivity contribution in [3.63, 3.8) is 0 Å². The molecule has 3 aliphatic carbocycles. The second kappa shape index (κ2) is 10.2. The number of ketones is 2. The summed E-state index contributed by atoms with van der Waals surface area (Å²) in [5, 5.41) is 11.8. The highest BCUT2D eigenvalue weighted by Gasteiger charge is 2.81. The van der Waals surface area contributed by atoms with Gasteiger partial charge in [0, 0.05) is 35.8 Å². The fraction of sp³-hybridized carbons (Fsp3) is 0.553. The first-order valence-electron chi connectivity index (χ1n) is 16.6. The van der Waals surface area contributed by atoms with Gasteiger partial charge in [0.25, 0.3) is 6.47 Å². The first kappa shape index (κ1) is 31.9. The molecule has 3 unspecified atom stereocenters. The van der Waals surface area contributed by atoms with E-state index in [1.54, 1.807) is 19.1 Å². The van der Waals surface area contributed by atoms with Crippen LogP contribution in [0.3, 0.4) is 0 Å². The van der Waals surface area contributed by atoms with Gasteiger partial charge in [-0.25, -0.2) is 0 Å². The summed E-state index contributed by atoms with van der Waals surface area (Å²) in [6.07, 6.45) is 11.5. The van der Waals surface area contributed by atoms with Crippen LogP contribution in [0.5, 0.6) is 17.2 Å². The monoisotopic (exact) mass is 644 g/mol. The molecule has 47 heavy (non-hydrogen) atoms. The van der Waals surface area contributed by atoms with Gasteiger partial charge in [0.15, 0.2) is 22.8 Å². The van der Waals surface area contributed by atoms with Crippen LogP contribution in [0, 0.1) is 11.8 Å². The van der Waals surface area contributed by atoms with E-state index in [9.17, 15) is 19.5 Å². The van der Waals surface area contributed by atoms with Gasteiger partial charge in [0.05, 0.1) is 22.9 Å². The predicted octanol–water partition coefficient (Wildman–Crippen LogP) is 6.50. The number of phenols is 1. The Kier molecular flexibility index (Phi) is 6.89. The molecule has 7 aliphatic rings. The minimum atomic E-state index is -1.56. The Morgan fingerprint density at radius 3 is 2.43 bits per heavy atom. The van der Waals surface area contributed by atoms with E-state index in [0.717, 1.165) is 6.42 Å². The van der Waals surface area contributed by atoms with Crippen LogP contribution >= 0.6 is 0 Å². The van der Waals surface area contributed by atoms with E-state index in [-0.39, 0.29) is 52.7 Å². The van der Waals surface area contributed by atoms with Crippen molar-refractivity contribution in [3.05, 3.63) is 57.9 Å². The van der Waals surface area contributed by atoms with Crippen molar-refractivity contribution in [1.82, 2.24) is 0 Å². The van der Waals surface area contributed by atoms with Crippen molar-refractivity contribution < 1.29 is 43.2 Å². The maximum atomic E-state index is 14.8. The van der Waals surface area contributed by atoms with E-state index in [2.05, 4.69) is 19.9 Å². The number of Topliss-reactive ketones (excluding diaryl/α,β-unsaturated/α-hetero) is 2. The zero-order valence-corrected chi connectivity index (χ0v) is 28.4. The molecule has 250 valence electrons. The van der Waals surface area contributed by atoms with E-state index in [4.69, 9.17) is 23.7 Å². The molecule has 1 aromatic carbocycles. The van der Waals surface area contributed by atoms with Crippen molar-refractivity contribution in [1.29, 1.82) is 0 Å².